The summed E-state index contributed by atoms with van der Waals surface area (Å²) in [5.41, 5.74) is 1.32. The molecule has 1 aromatic carbocycles. The first-order valence-electron chi connectivity index (χ1n) is 8.50. The van der Waals surface area contributed by atoms with E-state index in [1.54, 1.807) is 12.1 Å². The van der Waals surface area contributed by atoms with E-state index < -0.39 is 0 Å². The van der Waals surface area contributed by atoms with Crippen LogP contribution in [0.2, 0.25) is 0 Å². The van der Waals surface area contributed by atoms with Gasteiger partial charge < -0.3 is 10.2 Å². The maximum atomic E-state index is 13.0. The Kier molecular flexibility index (Phi) is 5.26. The standard InChI is InChI=1S/C18H27FN2/c19-18-7-5-17(6-8-18)16-4-2-11-21(12-9-16)14-15-3-1-10-20-13-15/h5-8,15-16,20H,1-4,9-14H2. The summed E-state index contributed by atoms with van der Waals surface area (Å²) >= 11 is 0. The molecule has 0 bridgehead atoms. The summed E-state index contributed by atoms with van der Waals surface area (Å²) in [5, 5.41) is 3.52. The van der Waals surface area contributed by atoms with Gasteiger partial charge in [-0.05, 0) is 87.8 Å². The molecule has 2 aliphatic rings. The van der Waals surface area contributed by atoms with Gasteiger partial charge in [0.25, 0.3) is 0 Å². The lowest BCUT2D eigenvalue weighted by molar-refractivity contribution is 0.214. The SMILES string of the molecule is Fc1ccc(C2CCCN(CC3CCCNC3)CC2)cc1. The number of halogens is 1. The third kappa shape index (κ3) is 4.27. The third-order valence-corrected chi connectivity index (χ3v) is 5.08. The number of hydrogen-bond acceptors (Lipinski definition) is 2. The number of nitrogens with zero attached hydrogens (tertiary/aromatic N) is 1. The van der Waals surface area contributed by atoms with Crippen molar-refractivity contribution >= 4 is 0 Å². The van der Waals surface area contributed by atoms with E-state index in [2.05, 4.69) is 10.2 Å². The molecule has 2 atom stereocenters. The van der Waals surface area contributed by atoms with Crippen LogP contribution in [-0.2, 0) is 0 Å². The second kappa shape index (κ2) is 7.37. The number of nitrogens with one attached hydrogen (secondary N) is 1. The number of likely N-dealkylation sites (tertiary alicyclic amines) is 1. The highest BCUT2D eigenvalue weighted by Gasteiger charge is 2.21. The molecule has 0 amide bonds. The molecule has 0 radical (unpaired) electrons. The van der Waals surface area contributed by atoms with Crippen LogP contribution in [-0.4, -0.2) is 37.6 Å². The van der Waals surface area contributed by atoms with E-state index in [9.17, 15) is 4.39 Å². The molecule has 3 heteroatoms. The minimum atomic E-state index is -0.126. The zero-order chi connectivity index (χ0) is 14.5. The van der Waals surface area contributed by atoms with Gasteiger partial charge in [0.15, 0.2) is 0 Å². The van der Waals surface area contributed by atoms with E-state index in [0.717, 1.165) is 5.92 Å². The summed E-state index contributed by atoms with van der Waals surface area (Å²) in [6.45, 7) is 6.07. The quantitative estimate of drug-likeness (QED) is 0.918. The molecule has 0 aliphatic carbocycles. The number of hydrogen-bond donors (Lipinski definition) is 1. The molecular weight excluding hydrogens is 263 g/mol. The fraction of sp³-hybridized carbons (Fsp3) is 0.667. The van der Waals surface area contributed by atoms with Gasteiger partial charge in [0.1, 0.15) is 5.82 Å². The van der Waals surface area contributed by atoms with Crippen molar-refractivity contribution in [1.29, 1.82) is 0 Å². The van der Waals surface area contributed by atoms with Crippen LogP contribution in [0.25, 0.3) is 0 Å². The highest BCUT2D eigenvalue weighted by atomic mass is 19.1. The second-order valence-electron chi connectivity index (χ2n) is 6.69. The number of piperidine rings is 1. The summed E-state index contributed by atoms with van der Waals surface area (Å²) in [4.78, 5) is 2.65. The van der Waals surface area contributed by atoms with Crippen LogP contribution in [0.4, 0.5) is 4.39 Å². The molecule has 1 aromatic rings. The lowest BCUT2D eigenvalue weighted by Crippen LogP contribution is -2.38. The average Bonchev–Trinajstić information content (AvgIpc) is 2.75. The summed E-state index contributed by atoms with van der Waals surface area (Å²) in [6.07, 6.45) is 6.43. The van der Waals surface area contributed by atoms with Crippen LogP contribution in [0, 0.1) is 11.7 Å². The monoisotopic (exact) mass is 290 g/mol. The van der Waals surface area contributed by atoms with Gasteiger partial charge in [-0.3, -0.25) is 0 Å². The van der Waals surface area contributed by atoms with E-state index in [4.69, 9.17) is 0 Å². The van der Waals surface area contributed by atoms with Gasteiger partial charge in [-0.2, -0.15) is 0 Å². The first kappa shape index (κ1) is 15.0. The lowest BCUT2D eigenvalue weighted by Gasteiger charge is -2.29. The van der Waals surface area contributed by atoms with Crippen LogP contribution in [0.5, 0.6) is 0 Å². The summed E-state index contributed by atoms with van der Waals surface area (Å²) in [5.74, 6) is 1.32. The second-order valence-corrected chi connectivity index (χ2v) is 6.69. The topological polar surface area (TPSA) is 15.3 Å². The molecule has 2 unspecified atom stereocenters. The molecule has 2 heterocycles. The van der Waals surface area contributed by atoms with Crippen LogP contribution in [0.1, 0.15) is 43.6 Å². The Labute approximate surface area is 127 Å². The first-order chi connectivity index (χ1) is 10.3. The van der Waals surface area contributed by atoms with Gasteiger partial charge in [-0.25, -0.2) is 4.39 Å². The summed E-state index contributed by atoms with van der Waals surface area (Å²) in [6, 6.07) is 7.15. The molecule has 2 aliphatic heterocycles. The zero-order valence-corrected chi connectivity index (χ0v) is 12.9. The molecule has 2 fully saturated rings. The van der Waals surface area contributed by atoms with Crippen molar-refractivity contribution in [2.75, 3.05) is 32.7 Å². The predicted octanol–water partition coefficient (Wildman–Crippen LogP) is 3.39. The van der Waals surface area contributed by atoms with Crippen LogP contribution in [0.15, 0.2) is 24.3 Å². The molecule has 21 heavy (non-hydrogen) atoms. The van der Waals surface area contributed by atoms with Gasteiger partial charge in [0, 0.05) is 6.54 Å². The van der Waals surface area contributed by atoms with Crippen molar-refractivity contribution in [3.05, 3.63) is 35.6 Å². The Hall–Kier alpha value is -0.930. The highest BCUT2D eigenvalue weighted by molar-refractivity contribution is 5.20. The van der Waals surface area contributed by atoms with Gasteiger partial charge in [-0.15, -0.1) is 0 Å². The van der Waals surface area contributed by atoms with E-state index in [0.29, 0.717) is 5.92 Å². The number of benzene rings is 1. The Morgan fingerprint density at radius 1 is 1.05 bits per heavy atom. The lowest BCUT2D eigenvalue weighted by atomic mass is 9.92. The van der Waals surface area contributed by atoms with Crippen molar-refractivity contribution in [3.63, 3.8) is 0 Å². The zero-order valence-electron chi connectivity index (χ0n) is 12.9. The van der Waals surface area contributed by atoms with Crippen LogP contribution in [0.3, 0.4) is 0 Å². The molecule has 3 rings (SSSR count). The molecule has 0 spiro atoms. The normalized spacial score (nSPS) is 28.2. The van der Waals surface area contributed by atoms with Gasteiger partial charge >= 0.3 is 0 Å². The van der Waals surface area contributed by atoms with E-state index in [-0.39, 0.29) is 5.82 Å². The summed E-state index contributed by atoms with van der Waals surface area (Å²) in [7, 11) is 0. The molecule has 0 saturated carbocycles. The molecule has 116 valence electrons. The fourth-order valence-electron chi connectivity index (χ4n) is 3.85. The predicted molar refractivity (Wildman–Crippen MR) is 85.0 cm³/mol. The van der Waals surface area contributed by atoms with Crippen molar-refractivity contribution in [2.45, 2.75) is 38.0 Å². The molecular formula is C18H27FN2. The Bertz CT molecular complexity index is 425. The van der Waals surface area contributed by atoms with Crippen LogP contribution < -0.4 is 5.32 Å². The van der Waals surface area contributed by atoms with Gasteiger partial charge in [0.2, 0.25) is 0 Å². The van der Waals surface area contributed by atoms with Gasteiger partial charge in [0.05, 0.1) is 0 Å². The van der Waals surface area contributed by atoms with E-state index in [1.807, 2.05) is 12.1 Å². The highest BCUT2D eigenvalue weighted by Crippen LogP contribution is 2.28. The average molecular weight is 290 g/mol. The maximum absolute atomic E-state index is 13.0. The Balaban J connectivity index is 1.52. The van der Waals surface area contributed by atoms with Crippen molar-refractivity contribution < 1.29 is 4.39 Å². The molecule has 1 N–H and O–H groups in total. The first-order valence-corrected chi connectivity index (χ1v) is 8.50. The number of rotatable bonds is 3. The molecule has 2 saturated heterocycles. The minimum absolute atomic E-state index is 0.126. The van der Waals surface area contributed by atoms with Gasteiger partial charge in [-0.1, -0.05) is 12.1 Å². The Morgan fingerprint density at radius 2 is 1.90 bits per heavy atom. The third-order valence-electron chi connectivity index (χ3n) is 5.08. The largest absolute Gasteiger partial charge is 0.316 e. The molecule has 2 nitrogen and oxygen atoms in total. The Morgan fingerprint density at radius 3 is 2.67 bits per heavy atom. The van der Waals surface area contributed by atoms with Crippen molar-refractivity contribution in [1.82, 2.24) is 10.2 Å². The fourth-order valence-corrected chi connectivity index (χ4v) is 3.85. The van der Waals surface area contributed by atoms with Crippen molar-refractivity contribution in [2.24, 2.45) is 5.92 Å². The van der Waals surface area contributed by atoms with Crippen molar-refractivity contribution in [3.8, 4) is 0 Å². The van der Waals surface area contributed by atoms with Crippen LogP contribution >= 0.6 is 0 Å². The van der Waals surface area contributed by atoms with E-state index >= 15 is 0 Å². The minimum Gasteiger partial charge on any atom is -0.316 e. The maximum Gasteiger partial charge on any atom is 0.123 e. The summed E-state index contributed by atoms with van der Waals surface area (Å²) < 4.78 is 13.0. The van der Waals surface area contributed by atoms with E-state index in [1.165, 1.54) is 70.4 Å². The molecule has 0 aromatic heterocycles. The smallest absolute Gasteiger partial charge is 0.123 e.